The molecule has 2 unspecified atom stereocenters. The van der Waals surface area contributed by atoms with Crippen LogP contribution < -0.4 is 10.6 Å². The van der Waals surface area contributed by atoms with E-state index in [9.17, 15) is 8.78 Å². The molecule has 0 saturated heterocycles. The normalized spacial score (nSPS) is 37.5. The van der Waals surface area contributed by atoms with Gasteiger partial charge in [0.05, 0.1) is 0 Å². The predicted octanol–water partition coefficient (Wildman–Crippen LogP) is 1.51. The van der Waals surface area contributed by atoms with Gasteiger partial charge in [0.1, 0.15) is 0 Å². The van der Waals surface area contributed by atoms with Crippen LogP contribution in [0, 0.1) is 11.8 Å². The first-order valence-electron chi connectivity index (χ1n) is 4.98. The van der Waals surface area contributed by atoms with Gasteiger partial charge in [-0.15, -0.1) is 0 Å². The summed E-state index contributed by atoms with van der Waals surface area (Å²) in [5, 5.41) is 6.61. The summed E-state index contributed by atoms with van der Waals surface area (Å²) < 4.78 is 25.6. The van der Waals surface area contributed by atoms with Crippen LogP contribution in [-0.4, -0.2) is 23.6 Å². The Kier molecular flexibility index (Phi) is 2.37. The zero-order chi connectivity index (χ0) is 10.3. The van der Waals surface area contributed by atoms with E-state index in [0.717, 1.165) is 6.54 Å². The molecule has 2 aliphatic rings. The van der Waals surface area contributed by atoms with Crippen molar-refractivity contribution in [2.45, 2.75) is 31.7 Å². The van der Waals surface area contributed by atoms with Crippen molar-refractivity contribution in [2.75, 3.05) is 6.54 Å². The van der Waals surface area contributed by atoms with E-state index in [0.29, 0.717) is 18.0 Å². The SMILES string of the molecule is CCNC(=S)NC1CC2C(C1)C2(F)F. The summed E-state index contributed by atoms with van der Waals surface area (Å²) in [6.07, 6.45) is 1.12. The lowest BCUT2D eigenvalue weighted by Gasteiger charge is -2.18. The van der Waals surface area contributed by atoms with Crippen LogP contribution in [0.5, 0.6) is 0 Å². The highest BCUT2D eigenvalue weighted by Gasteiger charge is 2.71. The van der Waals surface area contributed by atoms with Gasteiger partial charge in [0, 0.05) is 24.4 Å². The Balaban J connectivity index is 1.75. The molecule has 14 heavy (non-hydrogen) atoms. The molecule has 0 amide bonds. The fraction of sp³-hybridized carbons (Fsp3) is 0.889. The van der Waals surface area contributed by atoms with Gasteiger partial charge < -0.3 is 10.6 Å². The second kappa shape index (κ2) is 3.29. The van der Waals surface area contributed by atoms with E-state index >= 15 is 0 Å². The van der Waals surface area contributed by atoms with E-state index in [1.807, 2.05) is 6.92 Å². The lowest BCUT2D eigenvalue weighted by molar-refractivity contribution is 0.0687. The van der Waals surface area contributed by atoms with Crippen LogP contribution in [-0.2, 0) is 0 Å². The van der Waals surface area contributed by atoms with E-state index in [4.69, 9.17) is 12.2 Å². The van der Waals surface area contributed by atoms with E-state index in [2.05, 4.69) is 10.6 Å². The Hall–Kier alpha value is -0.450. The van der Waals surface area contributed by atoms with Crippen molar-refractivity contribution in [1.29, 1.82) is 0 Å². The highest BCUT2D eigenvalue weighted by molar-refractivity contribution is 7.80. The average molecular weight is 220 g/mol. The fourth-order valence-electron chi connectivity index (χ4n) is 2.33. The van der Waals surface area contributed by atoms with Gasteiger partial charge in [-0.25, -0.2) is 8.78 Å². The first-order chi connectivity index (χ1) is 6.55. The van der Waals surface area contributed by atoms with Crippen molar-refractivity contribution in [2.24, 2.45) is 11.8 Å². The number of rotatable bonds is 2. The third-order valence-corrected chi connectivity index (χ3v) is 3.38. The molecule has 0 spiro atoms. The summed E-state index contributed by atoms with van der Waals surface area (Å²) in [6.45, 7) is 2.72. The molecule has 2 fully saturated rings. The maximum atomic E-state index is 12.8. The summed E-state index contributed by atoms with van der Waals surface area (Å²) in [7, 11) is 0. The third-order valence-electron chi connectivity index (χ3n) is 3.11. The lowest BCUT2D eigenvalue weighted by Crippen LogP contribution is -2.41. The molecule has 0 aromatic heterocycles. The van der Waals surface area contributed by atoms with Crippen molar-refractivity contribution in [3.8, 4) is 0 Å². The maximum Gasteiger partial charge on any atom is 0.254 e. The van der Waals surface area contributed by atoms with Crippen LogP contribution >= 0.6 is 12.2 Å². The molecular weight excluding hydrogens is 206 g/mol. The summed E-state index contributed by atoms with van der Waals surface area (Å²) in [6, 6.07) is 0.149. The molecule has 2 aliphatic carbocycles. The van der Waals surface area contributed by atoms with Crippen molar-refractivity contribution < 1.29 is 8.78 Å². The molecule has 2 rings (SSSR count). The van der Waals surface area contributed by atoms with Gasteiger partial charge in [-0.05, 0) is 32.0 Å². The summed E-state index contributed by atoms with van der Waals surface area (Å²) in [5.41, 5.74) is 0. The van der Waals surface area contributed by atoms with E-state index in [1.54, 1.807) is 0 Å². The van der Waals surface area contributed by atoms with Crippen molar-refractivity contribution in [3.63, 3.8) is 0 Å². The predicted molar refractivity (Wildman–Crippen MR) is 54.4 cm³/mol. The van der Waals surface area contributed by atoms with Crippen LogP contribution in [0.2, 0.25) is 0 Å². The molecule has 2 N–H and O–H groups in total. The minimum atomic E-state index is -2.38. The molecule has 2 saturated carbocycles. The summed E-state index contributed by atoms with van der Waals surface area (Å²) >= 11 is 4.99. The van der Waals surface area contributed by atoms with Crippen LogP contribution in [0.3, 0.4) is 0 Å². The average Bonchev–Trinajstić information content (AvgIpc) is 2.49. The van der Waals surface area contributed by atoms with Gasteiger partial charge in [-0.3, -0.25) is 0 Å². The standard InChI is InChI=1S/C9H14F2N2S/c1-2-12-8(14)13-5-3-6-7(4-5)9(6,10)11/h5-7H,2-4H2,1H3,(H2,12,13,14). The number of alkyl halides is 2. The van der Waals surface area contributed by atoms with Gasteiger partial charge >= 0.3 is 0 Å². The van der Waals surface area contributed by atoms with Crippen LogP contribution in [0.25, 0.3) is 0 Å². The smallest absolute Gasteiger partial charge is 0.254 e. The van der Waals surface area contributed by atoms with Crippen molar-refractivity contribution >= 4 is 17.3 Å². The highest BCUT2D eigenvalue weighted by atomic mass is 32.1. The van der Waals surface area contributed by atoms with E-state index in [1.165, 1.54) is 0 Å². The Morgan fingerprint density at radius 2 is 2.00 bits per heavy atom. The molecule has 80 valence electrons. The molecular formula is C9H14F2N2S. The molecule has 0 heterocycles. The van der Waals surface area contributed by atoms with Gasteiger partial charge in [0.25, 0.3) is 5.92 Å². The first kappa shape index (κ1) is 10.1. The van der Waals surface area contributed by atoms with Gasteiger partial charge in [-0.2, -0.15) is 0 Å². The largest absolute Gasteiger partial charge is 0.363 e. The van der Waals surface area contributed by atoms with Crippen molar-refractivity contribution in [3.05, 3.63) is 0 Å². The second-order valence-corrected chi connectivity index (χ2v) is 4.47. The Labute approximate surface area is 87.4 Å². The Morgan fingerprint density at radius 1 is 1.43 bits per heavy atom. The van der Waals surface area contributed by atoms with Gasteiger partial charge in [0.2, 0.25) is 0 Å². The molecule has 0 aromatic carbocycles. The fourth-order valence-corrected chi connectivity index (χ4v) is 2.64. The first-order valence-corrected chi connectivity index (χ1v) is 5.38. The van der Waals surface area contributed by atoms with E-state index in [-0.39, 0.29) is 17.9 Å². The number of halogens is 2. The quantitative estimate of drug-likeness (QED) is 0.690. The third kappa shape index (κ3) is 1.58. The highest BCUT2D eigenvalue weighted by Crippen LogP contribution is 2.63. The number of thiocarbonyl (C=S) groups is 1. The molecule has 0 radical (unpaired) electrons. The van der Waals surface area contributed by atoms with Gasteiger partial charge in [0.15, 0.2) is 5.11 Å². The Morgan fingerprint density at radius 3 is 2.50 bits per heavy atom. The number of nitrogens with one attached hydrogen (secondary N) is 2. The van der Waals surface area contributed by atoms with Crippen LogP contribution in [0.15, 0.2) is 0 Å². The Bertz CT molecular complexity index is 243. The summed E-state index contributed by atoms with van der Waals surface area (Å²) in [4.78, 5) is 0. The second-order valence-electron chi connectivity index (χ2n) is 4.06. The minimum absolute atomic E-state index is 0.149. The monoisotopic (exact) mass is 220 g/mol. The zero-order valence-corrected chi connectivity index (χ0v) is 8.83. The van der Waals surface area contributed by atoms with Crippen LogP contribution in [0.4, 0.5) is 8.78 Å². The number of hydrogen-bond acceptors (Lipinski definition) is 1. The molecule has 2 nitrogen and oxygen atoms in total. The maximum absolute atomic E-state index is 12.8. The lowest BCUT2D eigenvalue weighted by atomic mass is 10.1. The summed E-state index contributed by atoms with van der Waals surface area (Å²) in [5.74, 6) is -3.15. The van der Waals surface area contributed by atoms with Crippen molar-refractivity contribution in [1.82, 2.24) is 10.6 Å². The number of fused-ring (bicyclic) bond motifs is 1. The van der Waals surface area contributed by atoms with E-state index < -0.39 is 5.92 Å². The topological polar surface area (TPSA) is 24.1 Å². The number of hydrogen-bond donors (Lipinski definition) is 2. The molecule has 0 aliphatic heterocycles. The van der Waals surface area contributed by atoms with Crippen LogP contribution in [0.1, 0.15) is 19.8 Å². The zero-order valence-electron chi connectivity index (χ0n) is 8.02. The minimum Gasteiger partial charge on any atom is -0.363 e. The van der Waals surface area contributed by atoms with Gasteiger partial charge in [-0.1, -0.05) is 0 Å². The molecule has 0 aromatic rings. The molecule has 2 atom stereocenters. The molecule has 5 heteroatoms. The molecule has 0 bridgehead atoms.